The smallest absolute Gasteiger partial charge is 0.249 e. The molecule has 1 aliphatic heterocycles. The van der Waals surface area contributed by atoms with Gasteiger partial charge in [0.2, 0.25) is 11.8 Å². The van der Waals surface area contributed by atoms with Crippen molar-refractivity contribution in [3.8, 4) is 0 Å². The van der Waals surface area contributed by atoms with E-state index in [4.69, 9.17) is 0 Å². The van der Waals surface area contributed by atoms with Gasteiger partial charge in [0.15, 0.2) is 0 Å². The number of nitrogens with zero attached hydrogens (tertiary/aromatic N) is 1. The van der Waals surface area contributed by atoms with Crippen LogP contribution >= 0.6 is 0 Å². The molecule has 21 heavy (non-hydrogen) atoms. The second-order valence-corrected chi connectivity index (χ2v) is 7.45. The molecule has 3 rings (SSSR count). The van der Waals surface area contributed by atoms with Gasteiger partial charge in [0.1, 0.15) is 11.6 Å². The van der Waals surface area contributed by atoms with Crippen LogP contribution in [0.15, 0.2) is 0 Å². The maximum Gasteiger partial charge on any atom is 0.249 e. The number of carbonyl (C=O) groups excluding carboxylic acids is 2. The van der Waals surface area contributed by atoms with Crippen molar-refractivity contribution in [1.29, 1.82) is 0 Å². The lowest BCUT2D eigenvalue weighted by molar-refractivity contribution is -0.158. The SMILES string of the molecule is CCC1CCCC(N2C(=O)C(C)(C3CC3)NC(=O)C2C)C1. The lowest BCUT2D eigenvalue weighted by Crippen LogP contribution is -2.71. The van der Waals surface area contributed by atoms with Gasteiger partial charge in [0.25, 0.3) is 0 Å². The quantitative estimate of drug-likeness (QED) is 0.868. The summed E-state index contributed by atoms with van der Waals surface area (Å²) in [5, 5.41) is 3.02. The first-order valence-electron chi connectivity index (χ1n) is 8.62. The van der Waals surface area contributed by atoms with Crippen LogP contribution in [0.2, 0.25) is 0 Å². The third-order valence-electron chi connectivity index (χ3n) is 5.98. The van der Waals surface area contributed by atoms with E-state index in [0.29, 0.717) is 11.8 Å². The number of amides is 2. The molecule has 3 fully saturated rings. The molecule has 118 valence electrons. The van der Waals surface area contributed by atoms with Crippen LogP contribution in [0, 0.1) is 11.8 Å². The van der Waals surface area contributed by atoms with E-state index in [1.165, 1.54) is 19.3 Å². The van der Waals surface area contributed by atoms with Crippen LogP contribution in [-0.4, -0.2) is 34.3 Å². The highest BCUT2D eigenvalue weighted by molar-refractivity contribution is 6.00. The van der Waals surface area contributed by atoms with Crippen molar-refractivity contribution in [2.75, 3.05) is 0 Å². The highest BCUT2D eigenvalue weighted by atomic mass is 16.2. The van der Waals surface area contributed by atoms with E-state index < -0.39 is 5.54 Å². The molecule has 1 heterocycles. The van der Waals surface area contributed by atoms with E-state index in [1.807, 2.05) is 18.7 Å². The third-order valence-corrected chi connectivity index (χ3v) is 5.98. The van der Waals surface area contributed by atoms with Crippen LogP contribution in [0.4, 0.5) is 0 Å². The Morgan fingerprint density at radius 1 is 1.24 bits per heavy atom. The fourth-order valence-corrected chi connectivity index (χ4v) is 4.29. The van der Waals surface area contributed by atoms with Crippen molar-refractivity contribution in [3.63, 3.8) is 0 Å². The maximum atomic E-state index is 13.1. The van der Waals surface area contributed by atoms with Gasteiger partial charge in [-0.1, -0.05) is 26.2 Å². The van der Waals surface area contributed by atoms with Gasteiger partial charge in [-0.2, -0.15) is 0 Å². The number of carbonyl (C=O) groups is 2. The number of hydrogen-bond acceptors (Lipinski definition) is 2. The van der Waals surface area contributed by atoms with Crippen molar-refractivity contribution in [1.82, 2.24) is 10.2 Å². The topological polar surface area (TPSA) is 49.4 Å². The second kappa shape index (κ2) is 5.29. The number of hydrogen-bond donors (Lipinski definition) is 1. The maximum absolute atomic E-state index is 13.1. The van der Waals surface area contributed by atoms with Crippen LogP contribution in [-0.2, 0) is 9.59 Å². The zero-order valence-electron chi connectivity index (χ0n) is 13.5. The molecule has 1 N–H and O–H groups in total. The Morgan fingerprint density at radius 2 is 1.95 bits per heavy atom. The fourth-order valence-electron chi connectivity index (χ4n) is 4.29. The number of nitrogens with one attached hydrogen (secondary N) is 1. The Bertz CT molecular complexity index is 446. The molecule has 0 aromatic carbocycles. The van der Waals surface area contributed by atoms with Gasteiger partial charge < -0.3 is 10.2 Å². The van der Waals surface area contributed by atoms with Crippen molar-refractivity contribution in [3.05, 3.63) is 0 Å². The molecular weight excluding hydrogens is 264 g/mol. The molecule has 4 nitrogen and oxygen atoms in total. The van der Waals surface area contributed by atoms with Crippen LogP contribution in [0.5, 0.6) is 0 Å². The van der Waals surface area contributed by atoms with Crippen LogP contribution in [0.1, 0.15) is 65.7 Å². The molecule has 2 aliphatic carbocycles. The first kappa shape index (κ1) is 14.9. The van der Waals surface area contributed by atoms with Crippen molar-refractivity contribution in [2.24, 2.45) is 11.8 Å². The van der Waals surface area contributed by atoms with Crippen molar-refractivity contribution >= 4 is 11.8 Å². The van der Waals surface area contributed by atoms with E-state index in [1.54, 1.807) is 0 Å². The van der Waals surface area contributed by atoms with E-state index >= 15 is 0 Å². The average Bonchev–Trinajstić information content (AvgIpc) is 3.31. The molecule has 0 spiro atoms. The highest BCUT2D eigenvalue weighted by Gasteiger charge is 2.55. The predicted molar refractivity (Wildman–Crippen MR) is 81.6 cm³/mol. The Labute approximate surface area is 127 Å². The lowest BCUT2D eigenvalue weighted by Gasteiger charge is -2.48. The normalized spacial score (nSPS) is 41.1. The molecule has 3 aliphatic rings. The van der Waals surface area contributed by atoms with E-state index in [0.717, 1.165) is 25.7 Å². The summed E-state index contributed by atoms with van der Waals surface area (Å²) in [5.41, 5.74) is -0.650. The molecule has 1 saturated heterocycles. The van der Waals surface area contributed by atoms with E-state index in [-0.39, 0.29) is 23.9 Å². The zero-order valence-corrected chi connectivity index (χ0v) is 13.5. The Balaban J connectivity index is 1.84. The van der Waals surface area contributed by atoms with Gasteiger partial charge in [-0.3, -0.25) is 9.59 Å². The fraction of sp³-hybridized carbons (Fsp3) is 0.882. The first-order valence-corrected chi connectivity index (χ1v) is 8.62. The van der Waals surface area contributed by atoms with Gasteiger partial charge in [0, 0.05) is 6.04 Å². The average molecular weight is 292 g/mol. The van der Waals surface area contributed by atoms with Gasteiger partial charge >= 0.3 is 0 Å². The minimum absolute atomic E-state index is 0.0302. The Morgan fingerprint density at radius 3 is 2.57 bits per heavy atom. The molecule has 0 aromatic rings. The summed E-state index contributed by atoms with van der Waals surface area (Å²) < 4.78 is 0. The van der Waals surface area contributed by atoms with Gasteiger partial charge in [0.05, 0.1) is 0 Å². The molecule has 0 aromatic heterocycles. The van der Waals surface area contributed by atoms with Gasteiger partial charge in [-0.25, -0.2) is 0 Å². The van der Waals surface area contributed by atoms with Gasteiger partial charge in [-0.15, -0.1) is 0 Å². The summed E-state index contributed by atoms with van der Waals surface area (Å²) in [6.07, 6.45) is 7.89. The number of piperazine rings is 1. The minimum atomic E-state index is -0.650. The monoisotopic (exact) mass is 292 g/mol. The largest absolute Gasteiger partial charge is 0.340 e. The summed E-state index contributed by atoms with van der Waals surface area (Å²) in [4.78, 5) is 27.4. The first-order chi connectivity index (χ1) is 9.97. The summed E-state index contributed by atoms with van der Waals surface area (Å²) in [6, 6.07) is -0.0553. The summed E-state index contributed by atoms with van der Waals surface area (Å²) in [7, 11) is 0. The zero-order chi connectivity index (χ0) is 15.2. The van der Waals surface area contributed by atoms with Crippen LogP contribution in [0.3, 0.4) is 0 Å². The van der Waals surface area contributed by atoms with E-state index in [9.17, 15) is 9.59 Å². The lowest BCUT2D eigenvalue weighted by atomic mass is 9.81. The molecule has 2 saturated carbocycles. The third kappa shape index (κ3) is 2.47. The summed E-state index contributed by atoms with van der Waals surface area (Å²) >= 11 is 0. The molecule has 0 bridgehead atoms. The van der Waals surface area contributed by atoms with E-state index in [2.05, 4.69) is 12.2 Å². The molecule has 4 heteroatoms. The molecule has 4 atom stereocenters. The second-order valence-electron chi connectivity index (χ2n) is 7.45. The minimum Gasteiger partial charge on any atom is -0.340 e. The Hall–Kier alpha value is -1.06. The van der Waals surface area contributed by atoms with Gasteiger partial charge in [-0.05, 0) is 51.4 Å². The van der Waals surface area contributed by atoms with Crippen LogP contribution in [0.25, 0.3) is 0 Å². The molecule has 2 amide bonds. The summed E-state index contributed by atoms with van der Waals surface area (Å²) in [6.45, 7) is 6.05. The number of rotatable bonds is 3. The standard InChI is InChI=1S/C17H28N2O2/c1-4-12-6-5-7-14(10-12)19-11(2)15(20)18-17(3,16(19)21)13-8-9-13/h11-14H,4-10H2,1-3H3,(H,18,20). The van der Waals surface area contributed by atoms with Crippen molar-refractivity contribution < 1.29 is 9.59 Å². The molecular formula is C17H28N2O2. The molecule has 4 unspecified atom stereocenters. The van der Waals surface area contributed by atoms with Crippen molar-refractivity contribution in [2.45, 2.75) is 83.3 Å². The van der Waals surface area contributed by atoms with Crippen LogP contribution < -0.4 is 5.32 Å². The molecule has 0 radical (unpaired) electrons. The predicted octanol–water partition coefficient (Wildman–Crippen LogP) is 2.47. The summed E-state index contributed by atoms with van der Waals surface area (Å²) in [5.74, 6) is 1.25. The highest BCUT2D eigenvalue weighted by Crippen LogP contribution is 2.43. The Kier molecular flexibility index (Phi) is 3.74.